The Morgan fingerprint density at radius 2 is 2.18 bits per heavy atom. The van der Waals surface area contributed by atoms with Crippen LogP contribution in [0.25, 0.3) is 0 Å². The van der Waals surface area contributed by atoms with Crippen molar-refractivity contribution >= 4 is 23.4 Å². The molecule has 1 rings (SSSR count). The van der Waals surface area contributed by atoms with Crippen molar-refractivity contribution < 1.29 is 14.7 Å². The van der Waals surface area contributed by atoms with Gasteiger partial charge in [0, 0.05) is 11.9 Å². The molecule has 0 saturated carbocycles. The lowest BCUT2D eigenvalue weighted by molar-refractivity contribution is -0.137. The van der Waals surface area contributed by atoms with Crippen molar-refractivity contribution in [1.29, 1.82) is 0 Å². The van der Waals surface area contributed by atoms with Crippen LogP contribution in [0.3, 0.4) is 0 Å². The smallest absolute Gasteiger partial charge is 0.323 e. The molecule has 94 valence electrons. The molecule has 0 aliphatic rings. The van der Waals surface area contributed by atoms with Crippen LogP contribution in [-0.2, 0) is 4.79 Å². The van der Waals surface area contributed by atoms with Gasteiger partial charge >= 0.3 is 5.97 Å². The number of hydrogen-bond donors (Lipinski definition) is 1. The predicted octanol–water partition coefficient (Wildman–Crippen LogP) is 1.63. The Hall–Kier alpha value is -1.43. The molecular formula is C11H16N2O3S. The lowest BCUT2D eigenvalue weighted by Crippen LogP contribution is -2.38. The second-order valence-corrected chi connectivity index (χ2v) is 4.92. The van der Waals surface area contributed by atoms with Gasteiger partial charge in [0.05, 0.1) is 11.3 Å². The van der Waals surface area contributed by atoms with Gasteiger partial charge < -0.3 is 10.0 Å². The van der Waals surface area contributed by atoms with Gasteiger partial charge in [0.1, 0.15) is 6.54 Å². The molecule has 0 fully saturated rings. The average Bonchev–Trinajstić information content (AvgIpc) is 2.61. The fourth-order valence-electron chi connectivity index (χ4n) is 1.49. The summed E-state index contributed by atoms with van der Waals surface area (Å²) in [6.45, 7) is 5.80. The Labute approximate surface area is 104 Å². The summed E-state index contributed by atoms with van der Waals surface area (Å²) in [5.74, 6) is -1.03. The van der Waals surface area contributed by atoms with Crippen LogP contribution in [0.2, 0.25) is 0 Å². The maximum atomic E-state index is 12.1. The molecule has 1 amide bonds. The van der Waals surface area contributed by atoms with Crippen LogP contribution in [0.1, 0.15) is 29.9 Å². The zero-order valence-electron chi connectivity index (χ0n) is 10.1. The zero-order valence-corrected chi connectivity index (χ0v) is 11.0. The molecule has 1 N–H and O–H groups in total. The van der Waals surface area contributed by atoms with Crippen LogP contribution < -0.4 is 0 Å². The van der Waals surface area contributed by atoms with Crippen LogP contribution in [0, 0.1) is 12.8 Å². The number of rotatable bonds is 5. The Balaban J connectivity index is 2.86. The molecule has 5 nitrogen and oxygen atoms in total. The van der Waals surface area contributed by atoms with E-state index in [9.17, 15) is 9.59 Å². The molecule has 0 radical (unpaired) electrons. The van der Waals surface area contributed by atoms with Gasteiger partial charge in [0.25, 0.3) is 5.91 Å². The number of nitrogens with zero attached hydrogens (tertiary/aromatic N) is 2. The van der Waals surface area contributed by atoms with Gasteiger partial charge in [-0.05, 0) is 24.4 Å². The highest BCUT2D eigenvalue weighted by atomic mass is 32.1. The SMILES string of the molecule is Cc1nscc1C(=O)N(CC(=O)O)CC(C)C. The minimum Gasteiger partial charge on any atom is -0.480 e. The fraction of sp³-hybridized carbons (Fsp3) is 0.545. The molecule has 1 heterocycles. The molecule has 6 heteroatoms. The first-order chi connectivity index (χ1) is 7.91. The van der Waals surface area contributed by atoms with Crippen molar-refractivity contribution in [3.8, 4) is 0 Å². The van der Waals surface area contributed by atoms with Crippen LogP contribution in [-0.4, -0.2) is 39.3 Å². The lowest BCUT2D eigenvalue weighted by atomic mass is 10.1. The molecule has 0 aromatic carbocycles. The number of carboxylic acid groups (broad SMARTS) is 1. The van der Waals surface area contributed by atoms with Crippen molar-refractivity contribution in [3.05, 3.63) is 16.6 Å². The molecule has 1 aromatic heterocycles. The van der Waals surface area contributed by atoms with E-state index < -0.39 is 5.97 Å². The molecule has 0 unspecified atom stereocenters. The van der Waals surface area contributed by atoms with Gasteiger partial charge in [-0.1, -0.05) is 13.8 Å². The minimum absolute atomic E-state index is 0.227. The molecular weight excluding hydrogens is 240 g/mol. The number of amides is 1. The maximum absolute atomic E-state index is 12.1. The van der Waals surface area contributed by atoms with Crippen molar-refractivity contribution in [1.82, 2.24) is 9.27 Å². The first-order valence-electron chi connectivity index (χ1n) is 5.33. The van der Waals surface area contributed by atoms with E-state index in [1.807, 2.05) is 13.8 Å². The molecule has 0 aliphatic heterocycles. The van der Waals surface area contributed by atoms with Gasteiger partial charge in [-0.3, -0.25) is 9.59 Å². The van der Waals surface area contributed by atoms with E-state index in [0.717, 1.165) is 0 Å². The highest BCUT2D eigenvalue weighted by Gasteiger charge is 2.21. The molecule has 0 bridgehead atoms. The Kier molecular flexibility index (Phi) is 4.62. The van der Waals surface area contributed by atoms with Crippen LogP contribution in [0.15, 0.2) is 5.38 Å². The third-order valence-corrected chi connectivity index (χ3v) is 2.90. The third-order valence-electron chi connectivity index (χ3n) is 2.18. The van der Waals surface area contributed by atoms with E-state index >= 15 is 0 Å². The van der Waals surface area contributed by atoms with Crippen LogP contribution in [0.5, 0.6) is 0 Å². The summed E-state index contributed by atoms with van der Waals surface area (Å²) in [7, 11) is 0. The lowest BCUT2D eigenvalue weighted by Gasteiger charge is -2.22. The van der Waals surface area contributed by atoms with E-state index in [2.05, 4.69) is 4.37 Å². The van der Waals surface area contributed by atoms with Gasteiger partial charge in [-0.2, -0.15) is 4.37 Å². The Bertz CT molecular complexity index is 415. The summed E-state index contributed by atoms with van der Waals surface area (Å²) in [6.07, 6.45) is 0. The van der Waals surface area contributed by atoms with Crippen LogP contribution in [0.4, 0.5) is 0 Å². The monoisotopic (exact) mass is 256 g/mol. The van der Waals surface area contributed by atoms with E-state index in [1.165, 1.54) is 16.4 Å². The summed E-state index contributed by atoms with van der Waals surface area (Å²) in [4.78, 5) is 24.2. The molecule has 17 heavy (non-hydrogen) atoms. The first kappa shape index (κ1) is 13.6. The molecule has 0 saturated heterocycles. The summed E-state index contributed by atoms with van der Waals surface area (Å²) in [5.41, 5.74) is 1.15. The second-order valence-electron chi connectivity index (χ2n) is 4.29. The van der Waals surface area contributed by atoms with Gasteiger partial charge in [0.15, 0.2) is 0 Å². The highest BCUT2D eigenvalue weighted by molar-refractivity contribution is 7.03. The number of carbonyl (C=O) groups is 2. The third kappa shape index (κ3) is 3.81. The van der Waals surface area contributed by atoms with Crippen LogP contribution >= 0.6 is 11.5 Å². The average molecular weight is 256 g/mol. The Morgan fingerprint density at radius 3 is 2.59 bits per heavy atom. The summed E-state index contributed by atoms with van der Waals surface area (Å²) < 4.78 is 4.03. The summed E-state index contributed by atoms with van der Waals surface area (Å²) in [6, 6.07) is 0. The van der Waals surface area contributed by atoms with Crippen molar-refractivity contribution in [2.45, 2.75) is 20.8 Å². The fourth-order valence-corrected chi connectivity index (χ4v) is 2.18. The molecule has 0 aliphatic carbocycles. The number of aryl methyl sites for hydroxylation is 1. The van der Waals surface area contributed by atoms with Gasteiger partial charge in [-0.25, -0.2) is 0 Å². The molecule has 0 spiro atoms. The molecule has 0 atom stereocenters. The predicted molar refractivity (Wildman–Crippen MR) is 65.2 cm³/mol. The topological polar surface area (TPSA) is 70.5 Å². The van der Waals surface area contributed by atoms with E-state index in [4.69, 9.17) is 5.11 Å². The maximum Gasteiger partial charge on any atom is 0.323 e. The highest BCUT2D eigenvalue weighted by Crippen LogP contribution is 2.13. The quantitative estimate of drug-likeness (QED) is 0.869. The number of aromatic nitrogens is 1. The zero-order chi connectivity index (χ0) is 13.0. The van der Waals surface area contributed by atoms with E-state index in [0.29, 0.717) is 17.8 Å². The number of aliphatic carboxylic acids is 1. The van der Waals surface area contributed by atoms with E-state index in [1.54, 1.807) is 12.3 Å². The van der Waals surface area contributed by atoms with Crippen molar-refractivity contribution in [3.63, 3.8) is 0 Å². The number of hydrogen-bond acceptors (Lipinski definition) is 4. The number of carboxylic acids is 1. The van der Waals surface area contributed by atoms with E-state index in [-0.39, 0.29) is 18.4 Å². The largest absolute Gasteiger partial charge is 0.480 e. The summed E-state index contributed by atoms with van der Waals surface area (Å²) >= 11 is 1.20. The first-order valence-corrected chi connectivity index (χ1v) is 6.17. The second kappa shape index (κ2) is 5.77. The normalized spacial score (nSPS) is 10.6. The standard InChI is InChI=1S/C11H16N2O3S/c1-7(2)4-13(5-10(14)15)11(16)9-6-17-12-8(9)3/h6-7H,4-5H2,1-3H3,(H,14,15). The van der Waals surface area contributed by atoms with Gasteiger partial charge in [0.2, 0.25) is 0 Å². The minimum atomic E-state index is -1.00. The van der Waals surface area contributed by atoms with Crippen molar-refractivity contribution in [2.24, 2.45) is 5.92 Å². The number of carbonyl (C=O) groups excluding carboxylic acids is 1. The van der Waals surface area contributed by atoms with Crippen molar-refractivity contribution in [2.75, 3.05) is 13.1 Å². The molecule has 1 aromatic rings. The van der Waals surface area contributed by atoms with Gasteiger partial charge in [-0.15, -0.1) is 0 Å². The summed E-state index contributed by atoms with van der Waals surface area (Å²) in [5, 5.41) is 10.5. The Morgan fingerprint density at radius 1 is 1.53 bits per heavy atom.